The van der Waals surface area contributed by atoms with Crippen LogP contribution in [0.4, 0.5) is 21.5 Å². The Hall–Kier alpha value is -2.67. The second-order valence-corrected chi connectivity index (χ2v) is 6.23. The lowest BCUT2D eigenvalue weighted by atomic mass is 10.2. The number of nitrogens with zero attached hydrogens (tertiary/aromatic N) is 3. The maximum Gasteiger partial charge on any atom is 0.292 e. The number of piperazine rings is 1. The molecule has 0 spiro atoms. The fourth-order valence-electron chi connectivity index (χ4n) is 2.89. The summed E-state index contributed by atoms with van der Waals surface area (Å²) in [6.45, 7) is 4.12. The van der Waals surface area contributed by atoms with Gasteiger partial charge in [-0.1, -0.05) is 12.1 Å². The smallest absolute Gasteiger partial charge is 0.292 e. The highest BCUT2D eigenvalue weighted by molar-refractivity contribution is 5.69. The van der Waals surface area contributed by atoms with E-state index < -0.39 is 0 Å². The standard InChI is InChI=1S/C18H21FN4O2/c1-21-8-10-22(11-9-21)16-6-7-18(23(24)25)17(12-16)20-13-14-2-4-15(19)5-3-14/h2-7,12,20H,8-11,13H2,1H3. The lowest BCUT2D eigenvalue weighted by Gasteiger charge is -2.34. The Morgan fingerprint density at radius 3 is 2.44 bits per heavy atom. The molecule has 0 amide bonds. The SMILES string of the molecule is CN1CCN(c2ccc([N+](=O)[O-])c(NCc3ccc(F)cc3)c2)CC1. The van der Waals surface area contributed by atoms with Crippen molar-refractivity contribution in [2.75, 3.05) is 43.4 Å². The van der Waals surface area contributed by atoms with E-state index in [9.17, 15) is 14.5 Å². The van der Waals surface area contributed by atoms with E-state index in [4.69, 9.17) is 0 Å². The van der Waals surface area contributed by atoms with Gasteiger partial charge >= 0.3 is 0 Å². The highest BCUT2D eigenvalue weighted by Gasteiger charge is 2.19. The molecule has 6 nitrogen and oxygen atoms in total. The first-order valence-corrected chi connectivity index (χ1v) is 8.23. The predicted molar refractivity (Wildman–Crippen MR) is 96.5 cm³/mol. The number of nitro benzene ring substituents is 1. The van der Waals surface area contributed by atoms with Gasteiger partial charge in [0.2, 0.25) is 0 Å². The molecular formula is C18H21FN4O2. The Balaban J connectivity index is 1.78. The molecule has 1 N–H and O–H groups in total. The molecule has 1 heterocycles. The van der Waals surface area contributed by atoms with Crippen LogP contribution in [0, 0.1) is 15.9 Å². The van der Waals surface area contributed by atoms with E-state index in [1.165, 1.54) is 12.1 Å². The van der Waals surface area contributed by atoms with Gasteiger partial charge in [-0.2, -0.15) is 0 Å². The number of nitrogens with one attached hydrogen (secondary N) is 1. The molecule has 1 aliphatic rings. The number of hydrogen-bond donors (Lipinski definition) is 1. The molecule has 7 heteroatoms. The molecule has 1 aliphatic heterocycles. The highest BCUT2D eigenvalue weighted by atomic mass is 19.1. The molecule has 2 aromatic rings. The number of likely N-dealkylation sites (N-methyl/N-ethyl adjacent to an activating group) is 1. The summed E-state index contributed by atoms with van der Waals surface area (Å²) in [5, 5.41) is 14.4. The monoisotopic (exact) mass is 344 g/mol. The van der Waals surface area contributed by atoms with Gasteiger partial charge in [0.1, 0.15) is 11.5 Å². The molecule has 0 saturated carbocycles. The van der Waals surface area contributed by atoms with Crippen LogP contribution in [0.1, 0.15) is 5.56 Å². The van der Waals surface area contributed by atoms with E-state index in [2.05, 4.69) is 22.2 Å². The lowest BCUT2D eigenvalue weighted by molar-refractivity contribution is -0.384. The van der Waals surface area contributed by atoms with Crippen LogP contribution in [0.3, 0.4) is 0 Å². The van der Waals surface area contributed by atoms with Crippen LogP contribution in [0.15, 0.2) is 42.5 Å². The number of benzene rings is 2. The number of nitro groups is 1. The van der Waals surface area contributed by atoms with Crippen molar-refractivity contribution in [3.05, 3.63) is 64.0 Å². The molecule has 0 atom stereocenters. The molecule has 1 saturated heterocycles. The minimum Gasteiger partial charge on any atom is -0.375 e. The van der Waals surface area contributed by atoms with Crippen molar-refractivity contribution < 1.29 is 9.31 Å². The fourth-order valence-corrected chi connectivity index (χ4v) is 2.89. The zero-order valence-corrected chi connectivity index (χ0v) is 14.1. The summed E-state index contributed by atoms with van der Waals surface area (Å²) in [5.41, 5.74) is 2.35. The van der Waals surface area contributed by atoms with Gasteiger partial charge in [0.25, 0.3) is 5.69 Å². The number of hydrogen-bond acceptors (Lipinski definition) is 5. The van der Waals surface area contributed by atoms with Gasteiger partial charge in [-0.25, -0.2) is 4.39 Å². The molecular weight excluding hydrogens is 323 g/mol. The maximum atomic E-state index is 13.0. The van der Waals surface area contributed by atoms with Crippen LogP contribution in [0.25, 0.3) is 0 Å². The van der Waals surface area contributed by atoms with Gasteiger partial charge in [0.05, 0.1) is 4.92 Å². The van der Waals surface area contributed by atoms with E-state index in [1.807, 2.05) is 6.07 Å². The Morgan fingerprint density at radius 2 is 1.80 bits per heavy atom. The average Bonchev–Trinajstić information content (AvgIpc) is 2.61. The molecule has 0 radical (unpaired) electrons. The van der Waals surface area contributed by atoms with Crippen LogP contribution >= 0.6 is 0 Å². The van der Waals surface area contributed by atoms with E-state index in [-0.39, 0.29) is 16.4 Å². The summed E-state index contributed by atoms with van der Waals surface area (Å²) in [4.78, 5) is 15.4. The van der Waals surface area contributed by atoms with Crippen molar-refractivity contribution in [3.8, 4) is 0 Å². The normalized spacial score (nSPS) is 15.2. The summed E-state index contributed by atoms with van der Waals surface area (Å²) >= 11 is 0. The molecule has 0 unspecified atom stereocenters. The van der Waals surface area contributed by atoms with Crippen molar-refractivity contribution in [1.82, 2.24) is 4.90 Å². The third-order valence-corrected chi connectivity index (χ3v) is 4.44. The first kappa shape index (κ1) is 17.2. The van der Waals surface area contributed by atoms with Gasteiger partial charge < -0.3 is 15.1 Å². The van der Waals surface area contributed by atoms with Crippen molar-refractivity contribution in [1.29, 1.82) is 0 Å². The molecule has 25 heavy (non-hydrogen) atoms. The van der Waals surface area contributed by atoms with E-state index in [1.54, 1.807) is 24.3 Å². The van der Waals surface area contributed by atoms with Gasteiger partial charge in [-0.05, 0) is 36.9 Å². The highest BCUT2D eigenvalue weighted by Crippen LogP contribution is 2.30. The van der Waals surface area contributed by atoms with Gasteiger partial charge in [0, 0.05) is 44.5 Å². The molecule has 0 bridgehead atoms. The molecule has 0 aromatic heterocycles. The molecule has 0 aliphatic carbocycles. The maximum absolute atomic E-state index is 13.0. The zero-order chi connectivity index (χ0) is 17.8. The molecule has 132 valence electrons. The number of halogens is 1. The Kier molecular flexibility index (Phi) is 5.14. The summed E-state index contributed by atoms with van der Waals surface area (Å²) < 4.78 is 13.0. The Labute approximate surface area is 146 Å². The van der Waals surface area contributed by atoms with Crippen molar-refractivity contribution in [2.45, 2.75) is 6.54 Å². The third-order valence-electron chi connectivity index (χ3n) is 4.44. The van der Waals surface area contributed by atoms with Crippen molar-refractivity contribution in [2.24, 2.45) is 0 Å². The summed E-state index contributed by atoms with van der Waals surface area (Å²) in [6, 6.07) is 11.3. The second kappa shape index (κ2) is 7.48. The third kappa shape index (κ3) is 4.24. The Morgan fingerprint density at radius 1 is 1.12 bits per heavy atom. The number of rotatable bonds is 5. The van der Waals surface area contributed by atoms with Crippen LogP contribution < -0.4 is 10.2 Å². The van der Waals surface area contributed by atoms with Crippen molar-refractivity contribution >= 4 is 17.1 Å². The first-order valence-electron chi connectivity index (χ1n) is 8.23. The topological polar surface area (TPSA) is 61.7 Å². The quantitative estimate of drug-likeness (QED) is 0.667. The van der Waals surface area contributed by atoms with E-state index >= 15 is 0 Å². The summed E-state index contributed by atoms with van der Waals surface area (Å²) in [5.74, 6) is -0.299. The summed E-state index contributed by atoms with van der Waals surface area (Å²) in [6.07, 6.45) is 0. The second-order valence-electron chi connectivity index (χ2n) is 6.23. The molecule has 2 aromatic carbocycles. The van der Waals surface area contributed by atoms with Gasteiger partial charge in [-0.3, -0.25) is 10.1 Å². The minimum atomic E-state index is -0.388. The molecule has 3 rings (SSSR count). The van der Waals surface area contributed by atoms with Crippen LogP contribution in [0.2, 0.25) is 0 Å². The van der Waals surface area contributed by atoms with Crippen LogP contribution in [0.5, 0.6) is 0 Å². The van der Waals surface area contributed by atoms with E-state index in [0.717, 1.165) is 37.4 Å². The summed E-state index contributed by atoms with van der Waals surface area (Å²) in [7, 11) is 2.09. The fraction of sp³-hybridized carbons (Fsp3) is 0.333. The predicted octanol–water partition coefficient (Wildman–Crippen LogP) is 3.10. The number of anilines is 2. The van der Waals surface area contributed by atoms with Gasteiger partial charge in [-0.15, -0.1) is 0 Å². The minimum absolute atomic E-state index is 0.0417. The molecule has 1 fully saturated rings. The average molecular weight is 344 g/mol. The Bertz CT molecular complexity index is 743. The van der Waals surface area contributed by atoms with Gasteiger partial charge in [0.15, 0.2) is 0 Å². The van der Waals surface area contributed by atoms with Crippen LogP contribution in [-0.4, -0.2) is 43.0 Å². The van der Waals surface area contributed by atoms with Crippen molar-refractivity contribution in [3.63, 3.8) is 0 Å². The van der Waals surface area contributed by atoms with E-state index in [0.29, 0.717) is 12.2 Å². The van der Waals surface area contributed by atoms with Crippen LogP contribution in [-0.2, 0) is 6.54 Å². The first-order chi connectivity index (χ1) is 12.0. The zero-order valence-electron chi connectivity index (χ0n) is 14.1. The largest absolute Gasteiger partial charge is 0.375 e. The lowest BCUT2D eigenvalue weighted by Crippen LogP contribution is -2.44.